The summed E-state index contributed by atoms with van der Waals surface area (Å²) in [6, 6.07) is 19.8. The van der Waals surface area contributed by atoms with Crippen LogP contribution in [0.1, 0.15) is 11.1 Å². The van der Waals surface area contributed by atoms with Crippen molar-refractivity contribution < 1.29 is 22.1 Å². The van der Waals surface area contributed by atoms with Crippen LogP contribution in [-0.2, 0) is 14.9 Å². The first-order valence-corrected chi connectivity index (χ1v) is 12.1. The van der Waals surface area contributed by atoms with Gasteiger partial charge in [0.25, 0.3) is 5.91 Å². The third-order valence-corrected chi connectivity index (χ3v) is 6.39. The van der Waals surface area contributed by atoms with Crippen LogP contribution in [0.3, 0.4) is 0 Å². The van der Waals surface area contributed by atoms with Gasteiger partial charge in [0.05, 0.1) is 7.11 Å². The third-order valence-electron chi connectivity index (χ3n) is 4.48. The van der Waals surface area contributed by atoms with Crippen LogP contribution < -0.4 is 14.2 Å². The third kappa shape index (κ3) is 6.12. The SMILES string of the molecule is COc1cccc(/C=C(\C#N)C(=O)Nc2cccc(I)c2)c1OS(=O)(=O)c1ccc(C)cc1. The van der Waals surface area contributed by atoms with E-state index in [4.69, 9.17) is 8.92 Å². The Morgan fingerprint density at radius 1 is 1.09 bits per heavy atom. The van der Waals surface area contributed by atoms with Gasteiger partial charge in [-0.25, -0.2) is 0 Å². The van der Waals surface area contributed by atoms with Gasteiger partial charge < -0.3 is 14.2 Å². The number of hydrogen-bond acceptors (Lipinski definition) is 6. The van der Waals surface area contributed by atoms with Crippen molar-refractivity contribution in [1.29, 1.82) is 5.26 Å². The number of methoxy groups -OCH3 is 1. The minimum absolute atomic E-state index is 0.0362. The summed E-state index contributed by atoms with van der Waals surface area (Å²) >= 11 is 2.11. The highest BCUT2D eigenvalue weighted by molar-refractivity contribution is 14.1. The van der Waals surface area contributed by atoms with Crippen molar-refractivity contribution in [2.24, 2.45) is 0 Å². The van der Waals surface area contributed by atoms with Crippen LogP contribution in [0.15, 0.2) is 77.2 Å². The largest absolute Gasteiger partial charge is 0.493 e. The van der Waals surface area contributed by atoms with E-state index < -0.39 is 16.0 Å². The van der Waals surface area contributed by atoms with Gasteiger partial charge in [0.2, 0.25) is 0 Å². The molecular weight excluding hydrogens is 555 g/mol. The van der Waals surface area contributed by atoms with Gasteiger partial charge in [-0.15, -0.1) is 0 Å². The van der Waals surface area contributed by atoms with Crippen molar-refractivity contribution in [2.75, 3.05) is 12.4 Å². The van der Waals surface area contributed by atoms with Crippen molar-refractivity contribution in [3.05, 3.63) is 87.0 Å². The second-order valence-electron chi connectivity index (χ2n) is 6.86. The number of anilines is 1. The predicted octanol–water partition coefficient (Wildman–Crippen LogP) is 4.92. The highest BCUT2D eigenvalue weighted by Gasteiger charge is 2.22. The fraction of sp³-hybridized carbons (Fsp3) is 0.0833. The molecule has 3 aromatic rings. The monoisotopic (exact) mass is 574 g/mol. The molecule has 0 aliphatic carbocycles. The number of amides is 1. The lowest BCUT2D eigenvalue weighted by Crippen LogP contribution is -2.14. The summed E-state index contributed by atoms with van der Waals surface area (Å²) in [7, 11) is -2.83. The van der Waals surface area contributed by atoms with Crippen LogP contribution in [0, 0.1) is 21.8 Å². The molecule has 0 atom stereocenters. The average Bonchev–Trinajstić information content (AvgIpc) is 2.78. The molecule has 0 bridgehead atoms. The number of ether oxygens (including phenoxy) is 1. The zero-order chi connectivity index (χ0) is 24.0. The summed E-state index contributed by atoms with van der Waals surface area (Å²) in [5.74, 6) is -0.639. The lowest BCUT2D eigenvalue weighted by atomic mass is 10.1. The van der Waals surface area contributed by atoms with Crippen LogP contribution >= 0.6 is 22.6 Å². The van der Waals surface area contributed by atoms with Crippen LogP contribution in [0.2, 0.25) is 0 Å². The summed E-state index contributed by atoms with van der Waals surface area (Å²) in [4.78, 5) is 12.6. The molecule has 1 amide bonds. The topological polar surface area (TPSA) is 105 Å². The number of hydrogen-bond donors (Lipinski definition) is 1. The number of aryl methyl sites for hydroxylation is 1. The fourth-order valence-corrected chi connectivity index (χ4v) is 4.33. The number of benzene rings is 3. The van der Waals surface area contributed by atoms with Gasteiger partial charge in [-0.05, 0) is 72.0 Å². The normalized spacial score (nSPS) is 11.4. The number of para-hydroxylation sites is 1. The van der Waals surface area contributed by atoms with E-state index in [-0.39, 0.29) is 27.5 Å². The van der Waals surface area contributed by atoms with Gasteiger partial charge in [-0.3, -0.25) is 4.79 Å². The molecule has 0 saturated carbocycles. The molecule has 33 heavy (non-hydrogen) atoms. The maximum Gasteiger partial charge on any atom is 0.339 e. The molecule has 3 aromatic carbocycles. The van der Waals surface area contributed by atoms with Crippen molar-refractivity contribution in [3.8, 4) is 17.6 Å². The number of carbonyl (C=O) groups is 1. The van der Waals surface area contributed by atoms with E-state index in [1.807, 2.05) is 19.1 Å². The number of carbonyl (C=O) groups excluding carboxylic acids is 1. The molecule has 7 nitrogen and oxygen atoms in total. The van der Waals surface area contributed by atoms with Crippen LogP contribution in [0.4, 0.5) is 5.69 Å². The standard InChI is InChI=1S/C24H19IN2O5S/c1-16-9-11-21(12-10-16)33(29,30)32-23-17(5-3-8-22(23)31-2)13-18(15-26)24(28)27-20-7-4-6-19(25)14-20/h3-14H,1-2H3,(H,27,28)/b18-13+. The number of rotatable bonds is 7. The number of nitriles is 1. The van der Waals surface area contributed by atoms with Gasteiger partial charge in [0, 0.05) is 14.8 Å². The maximum atomic E-state index is 12.9. The molecule has 0 aromatic heterocycles. The molecule has 0 aliphatic rings. The fourth-order valence-electron chi connectivity index (χ4n) is 2.83. The van der Waals surface area contributed by atoms with Crippen molar-refractivity contribution in [3.63, 3.8) is 0 Å². The zero-order valence-electron chi connectivity index (χ0n) is 17.7. The van der Waals surface area contributed by atoms with Crippen molar-refractivity contribution in [1.82, 2.24) is 0 Å². The van der Waals surface area contributed by atoms with Gasteiger partial charge in [0.15, 0.2) is 11.5 Å². The highest BCUT2D eigenvalue weighted by atomic mass is 127. The Hall–Kier alpha value is -3.36. The van der Waals surface area contributed by atoms with E-state index in [0.717, 1.165) is 9.13 Å². The van der Waals surface area contributed by atoms with Crippen LogP contribution in [0.5, 0.6) is 11.5 Å². The Morgan fingerprint density at radius 3 is 2.42 bits per heavy atom. The van der Waals surface area contributed by atoms with Crippen LogP contribution in [0.25, 0.3) is 6.08 Å². The first kappa shape index (κ1) is 24.3. The molecule has 3 rings (SSSR count). The maximum absolute atomic E-state index is 12.9. The quantitative estimate of drug-likeness (QED) is 0.186. The Balaban J connectivity index is 1.99. The molecular formula is C24H19IN2O5S. The summed E-state index contributed by atoms with van der Waals surface area (Å²) in [5.41, 5.74) is 1.38. The van der Waals surface area contributed by atoms with Gasteiger partial charge >= 0.3 is 10.1 Å². The zero-order valence-corrected chi connectivity index (χ0v) is 20.7. The molecule has 0 fully saturated rings. The smallest absolute Gasteiger partial charge is 0.339 e. The number of nitrogens with one attached hydrogen (secondary N) is 1. The molecule has 168 valence electrons. The Bertz CT molecular complexity index is 1360. The summed E-state index contributed by atoms with van der Waals surface area (Å²) in [5, 5.41) is 12.2. The molecule has 0 heterocycles. The van der Waals surface area contributed by atoms with E-state index in [1.165, 1.54) is 37.5 Å². The Kier molecular flexibility index (Phi) is 7.73. The number of halogens is 1. The second kappa shape index (κ2) is 10.5. The summed E-state index contributed by atoms with van der Waals surface area (Å²) in [6.45, 7) is 1.84. The Labute approximate surface area is 205 Å². The van der Waals surface area contributed by atoms with Gasteiger partial charge in [-0.2, -0.15) is 13.7 Å². The number of nitrogens with zero attached hydrogens (tertiary/aromatic N) is 1. The molecule has 0 radical (unpaired) electrons. The molecule has 0 spiro atoms. The first-order chi connectivity index (χ1) is 15.7. The van der Waals surface area contributed by atoms with Crippen molar-refractivity contribution in [2.45, 2.75) is 11.8 Å². The lowest BCUT2D eigenvalue weighted by Gasteiger charge is -2.14. The highest BCUT2D eigenvalue weighted by Crippen LogP contribution is 2.35. The Morgan fingerprint density at radius 2 is 1.79 bits per heavy atom. The van der Waals surface area contributed by atoms with E-state index in [0.29, 0.717) is 5.69 Å². The molecule has 0 aliphatic heterocycles. The minimum atomic E-state index is -4.19. The average molecular weight is 574 g/mol. The van der Waals surface area contributed by atoms with E-state index >= 15 is 0 Å². The lowest BCUT2D eigenvalue weighted by molar-refractivity contribution is -0.112. The van der Waals surface area contributed by atoms with Gasteiger partial charge in [-0.1, -0.05) is 35.9 Å². The van der Waals surface area contributed by atoms with Crippen molar-refractivity contribution >= 4 is 50.4 Å². The summed E-state index contributed by atoms with van der Waals surface area (Å²) < 4.78 is 37.3. The molecule has 0 saturated heterocycles. The molecule has 1 N–H and O–H groups in total. The second-order valence-corrected chi connectivity index (χ2v) is 9.66. The first-order valence-electron chi connectivity index (χ1n) is 9.60. The summed E-state index contributed by atoms with van der Waals surface area (Å²) in [6.07, 6.45) is 1.26. The van der Waals surface area contributed by atoms with Gasteiger partial charge in [0.1, 0.15) is 16.5 Å². The minimum Gasteiger partial charge on any atom is -0.493 e. The van der Waals surface area contributed by atoms with E-state index in [1.54, 1.807) is 36.4 Å². The van der Waals surface area contributed by atoms with Crippen LogP contribution in [-0.4, -0.2) is 21.4 Å². The van der Waals surface area contributed by atoms with E-state index in [2.05, 4.69) is 27.9 Å². The molecule has 0 unspecified atom stereocenters. The molecule has 9 heteroatoms. The van der Waals surface area contributed by atoms with E-state index in [9.17, 15) is 18.5 Å². The predicted molar refractivity (Wildman–Crippen MR) is 133 cm³/mol.